The van der Waals surface area contributed by atoms with Gasteiger partial charge in [-0.15, -0.1) is 0 Å². The highest BCUT2D eigenvalue weighted by Gasteiger charge is 2.24. The molecule has 1 aromatic heterocycles. The molecule has 1 amide bonds. The molecule has 0 aliphatic carbocycles. The van der Waals surface area contributed by atoms with E-state index in [-0.39, 0.29) is 6.54 Å². The van der Waals surface area contributed by atoms with Gasteiger partial charge in [0.25, 0.3) is 5.91 Å². The minimum Gasteiger partial charge on any atom is -0.286 e. The summed E-state index contributed by atoms with van der Waals surface area (Å²) in [6.07, 6.45) is 5.87. The van der Waals surface area contributed by atoms with Gasteiger partial charge >= 0.3 is 10.2 Å². The van der Waals surface area contributed by atoms with Crippen molar-refractivity contribution >= 4 is 16.1 Å². The Labute approximate surface area is 136 Å². The average molecular weight is 338 g/mol. The van der Waals surface area contributed by atoms with Crippen LogP contribution in [-0.4, -0.2) is 35.4 Å². The molecule has 7 nitrogen and oxygen atoms in total. The fourth-order valence-electron chi connectivity index (χ4n) is 1.79. The number of benzene rings is 1. The second-order valence-corrected chi connectivity index (χ2v) is 6.23. The fourth-order valence-corrected chi connectivity index (χ4v) is 2.51. The molecule has 0 unspecified atom stereocenters. The number of unbranched alkanes of at least 4 members (excludes halogenated alkanes) is 2. The maximum atomic E-state index is 12.1. The number of amides is 1. The van der Waals surface area contributed by atoms with E-state index in [2.05, 4.69) is 10.2 Å². The van der Waals surface area contributed by atoms with Crippen LogP contribution in [-0.2, 0) is 10.2 Å². The minimum atomic E-state index is -4.01. The van der Waals surface area contributed by atoms with Gasteiger partial charge in [-0.1, -0.05) is 38.0 Å². The topological polar surface area (TPSA) is 109 Å². The van der Waals surface area contributed by atoms with Gasteiger partial charge in [-0.05, 0) is 24.6 Å². The van der Waals surface area contributed by atoms with E-state index in [1.54, 1.807) is 42.7 Å². The van der Waals surface area contributed by atoms with E-state index in [1.807, 2.05) is 13.0 Å². The molecule has 2 aromatic rings. The van der Waals surface area contributed by atoms with E-state index in [0.29, 0.717) is 12.0 Å². The normalized spacial score (nSPS) is 10.5. The predicted molar refractivity (Wildman–Crippen MR) is 88.7 cm³/mol. The van der Waals surface area contributed by atoms with Crippen molar-refractivity contribution in [2.45, 2.75) is 26.2 Å². The predicted octanol–water partition coefficient (Wildman–Crippen LogP) is 1.93. The van der Waals surface area contributed by atoms with Crippen LogP contribution in [0.3, 0.4) is 0 Å². The molecule has 1 heterocycles. The first-order valence-corrected chi connectivity index (χ1v) is 8.80. The first-order valence-electron chi connectivity index (χ1n) is 7.30. The van der Waals surface area contributed by atoms with Gasteiger partial charge in [0.05, 0.1) is 0 Å². The molecule has 0 atom stereocenters. The van der Waals surface area contributed by atoms with E-state index in [0.717, 1.165) is 17.1 Å². The van der Waals surface area contributed by atoms with Crippen LogP contribution in [0.4, 0.5) is 0 Å². The Kier molecular flexibility index (Phi) is 8.00. The zero-order chi connectivity index (χ0) is 17.1. The second kappa shape index (κ2) is 9.75. The lowest BCUT2D eigenvalue weighted by Gasteiger charge is -2.19. The maximum absolute atomic E-state index is 12.1. The van der Waals surface area contributed by atoms with Crippen molar-refractivity contribution in [2.75, 3.05) is 6.54 Å². The number of nitrogens with one attached hydrogen (secondary N) is 1. The third-order valence-electron chi connectivity index (χ3n) is 2.93. The number of carbonyl (C=O) groups is 1. The molecule has 1 aromatic carbocycles. The van der Waals surface area contributed by atoms with E-state index in [1.165, 1.54) is 0 Å². The number of rotatable bonds is 6. The van der Waals surface area contributed by atoms with Gasteiger partial charge < -0.3 is 0 Å². The van der Waals surface area contributed by atoms with Crippen LogP contribution in [0.25, 0.3) is 0 Å². The third-order valence-corrected chi connectivity index (χ3v) is 3.89. The van der Waals surface area contributed by atoms with Gasteiger partial charge in [0.1, 0.15) is 0 Å². The summed E-state index contributed by atoms with van der Waals surface area (Å²) < 4.78 is 23.6. The summed E-state index contributed by atoms with van der Waals surface area (Å²) in [6, 6.07) is 10.1. The van der Waals surface area contributed by atoms with Crippen LogP contribution < -0.4 is 5.14 Å². The van der Waals surface area contributed by atoms with Crippen molar-refractivity contribution in [1.29, 1.82) is 0 Å². The standard InChI is InChI=1S/C12H18N2O3S.C3H4N2/c1-2-3-7-10-14(18(13,16)17)12(15)11-8-5-4-6-9-11;1-2-4-5-3-1/h4-6,8-9H,2-3,7,10H2,1H3,(H2,13,16,17);1-3H,(H,4,5). The van der Waals surface area contributed by atoms with Crippen LogP contribution >= 0.6 is 0 Å². The lowest BCUT2D eigenvalue weighted by atomic mass is 10.2. The molecule has 0 aliphatic rings. The quantitative estimate of drug-likeness (QED) is 0.784. The van der Waals surface area contributed by atoms with Crippen molar-refractivity contribution < 1.29 is 13.2 Å². The summed E-state index contributed by atoms with van der Waals surface area (Å²) in [5, 5.41) is 11.3. The highest BCUT2D eigenvalue weighted by molar-refractivity contribution is 7.87. The van der Waals surface area contributed by atoms with Crippen LogP contribution in [0.2, 0.25) is 0 Å². The number of aromatic nitrogens is 2. The fraction of sp³-hybridized carbons (Fsp3) is 0.333. The SMILES string of the molecule is CCCCCN(C(=O)c1ccccc1)S(N)(=O)=O.c1cn[nH]c1. The molecule has 23 heavy (non-hydrogen) atoms. The van der Waals surface area contributed by atoms with Crippen molar-refractivity contribution in [3.63, 3.8) is 0 Å². The molecule has 0 saturated heterocycles. The molecular formula is C15H22N4O3S. The van der Waals surface area contributed by atoms with Gasteiger partial charge in [0, 0.05) is 24.5 Å². The lowest BCUT2D eigenvalue weighted by Crippen LogP contribution is -2.41. The summed E-state index contributed by atoms with van der Waals surface area (Å²) in [5.41, 5.74) is 0.322. The summed E-state index contributed by atoms with van der Waals surface area (Å²) in [7, 11) is -4.01. The Balaban J connectivity index is 0.000000446. The minimum absolute atomic E-state index is 0.125. The highest BCUT2D eigenvalue weighted by Crippen LogP contribution is 2.09. The Morgan fingerprint density at radius 2 is 1.91 bits per heavy atom. The first-order chi connectivity index (χ1) is 11.0. The Bertz CT molecular complexity index is 640. The Hall–Kier alpha value is -2.19. The van der Waals surface area contributed by atoms with E-state index < -0.39 is 16.1 Å². The molecule has 2 rings (SSSR count). The van der Waals surface area contributed by atoms with Crippen molar-refractivity contribution in [2.24, 2.45) is 5.14 Å². The van der Waals surface area contributed by atoms with Crippen LogP contribution in [0.1, 0.15) is 36.5 Å². The molecule has 0 spiro atoms. The Morgan fingerprint density at radius 3 is 2.35 bits per heavy atom. The highest BCUT2D eigenvalue weighted by atomic mass is 32.2. The van der Waals surface area contributed by atoms with Gasteiger partial charge in [0.15, 0.2) is 0 Å². The zero-order valence-electron chi connectivity index (χ0n) is 13.1. The van der Waals surface area contributed by atoms with Crippen molar-refractivity contribution in [3.05, 3.63) is 54.4 Å². The number of aromatic amines is 1. The van der Waals surface area contributed by atoms with Gasteiger partial charge in [0.2, 0.25) is 0 Å². The van der Waals surface area contributed by atoms with Gasteiger partial charge in [-0.2, -0.15) is 13.5 Å². The molecule has 0 saturated carbocycles. The third kappa shape index (κ3) is 7.07. The van der Waals surface area contributed by atoms with Crippen LogP contribution in [0.5, 0.6) is 0 Å². The summed E-state index contributed by atoms with van der Waals surface area (Å²) in [6.45, 7) is 2.13. The number of nitrogens with zero attached hydrogens (tertiary/aromatic N) is 2. The molecule has 0 bridgehead atoms. The monoisotopic (exact) mass is 338 g/mol. The molecule has 126 valence electrons. The summed E-state index contributed by atoms with van der Waals surface area (Å²) in [5.74, 6) is -0.575. The van der Waals surface area contributed by atoms with Crippen LogP contribution in [0, 0.1) is 0 Å². The molecule has 0 fully saturated rings. The smallest absolute Gasteiger partial charge is 0.286 e. The van der Waals surface area contributed by atoms with Crippen molar-refractivity contribution in [1.82, 2.24) is 14.5 Å². The summed E-state index contributed by atoms with van der Waals surface area (Å²) >= 11 is 0. The van der Waals surface area contributed by atoms with Crippen molar-refractivity contribution in [3.8, 4) is 0 Å². The lowest BCUT2D eigenvalue weighted by molar-refractivity contribution is 0.0860. The number of hydrogen-bond donors (Lipinski definition) is 2. The maximum Gasteiger partial charge on any atom is 0.301 e. The number of H-pyrrole nitrogens is 1. The molecule has 8 heteroatoms. The van der Waals surface area contributed by atoms with Gasteiger partial charge in [-0.3, -0.25) is 9.89 Å². The largest absolute Gasteiger partial charge is 0.301 e. The first kappa shape index (κ1) is 18.9. The zero-order valence-corrected chi connectivity index (χ0v) is 13.9. The summed E-state index contributed by atoms with van der Waals surface area (Å²) in [4.78, 5) is 12.1. The number of hydrogen-bond acceptors (Lipinski definition) is 4. The van der Waals surface area contributed by atoms with Gasteiger partial charge in [-0.25, -0.2) is 9.44 Å². The Morgan fingerprint density at radius 1 is 1.22 bits per heavy atom. The van der Waals surface area contributed by atoms with E-state index in [4.69, 9.17) is 5.14 Å². The number of carbonyl (C=O) groups excluding carboxylic acids is 1. The second-order valence-electron chi connectivity index (χ2n) is 4.76. The van der Waals surface area contributed by atoms with E-state index in [9.17, 15) is 13.2 Å². The molecule has 0 radical (unpaired) electrons. The average Bonchev–Trinajstić information content (AvgIpc) is 3.10. The number of nitrogens with two attached hydrogens (primary N) is 1. The molecule has 3 N–H and O–H groups in total. The molecule has 0 aliphatic heterocycles. The van der Waals surface area contributed by atoms with E-state index >= 15 is 0 Å². The van der Waals surface area contributed by atoms with Crippen LogP contribution in [0.15, 0.2) is 48.8 Å². The molecular weight excluding hydrogens is 316 g/mol.